The molecule has 2 heterocycles. The summed E-state index contributed by atoms with van der Waals surface area (Å²) in [5.41, 5.74) is 8.36. The Morgan fingerprint density at radius 2 is 1.68 bits per heavy atom. The number of nitrogens with zero attached hydrogens (tertiary/aromatic N) is 5. The minimum Gasteiger partial charge on any atom is -0.492 e. The first kappa shape index (κ1) is 34.6. The van der Waals surface area contributed by atoms with Crippen LogP contribution in [0.25, 0.3) is 5.95 Å². The minimum absolute atomic E-state index is 0.0118. The fourth-order valence-corrected chi connectivity index (χ4v) is 3.60. The van der Waals surface area contributed by atoms with Gasteiger partial charge >= 0.3 is 5.69 Å². The van der Waals surface area contributed by atoms with E-state index in [0.29, 0.717) is 18.0 Å². The largest absolute Gasteiger partial charge is 0.492 e. The number of carbonyl (C=O) groups is 2. The van der Waals surface area contributed by atoms with Crippen molar-refractivity contribution in [1.29, 1.82) is 5.41 Å². The molecule has 15 nitrogen and oxygen atoms in total. The number of nitrogen functional groups attached to an aromatic ring is 1. The van der Waals surface area contributed by atoms with E-state index >= 15 is 0 Å². The highest BCUT2D eigenvalue weighted by Crippen LogP contribution is 2.28. The van der Waals surface area contributed by atoms with Crippen molar-refractivity contribution in [2.45, 2.75) is 26.8 Å². The molecule has 0 aliphatic rings. The number of benzene rings is 2. The van der Waals surface area contributed by atoms with E-state index in [-0.39, 0.29) is 11.8 Å². The Hall–Kier alpha value is -5.57. The number of hydrogen-bond acceptors (Lipinski definition) is 10. The van der Waals surface area contributed by atoms with E-state index in [1.165, 1.54) is 0 Å². The number of H-pyrrole nitrogens is 1. The van der Waals surface area contributed by atoms with Gasteiger partial charge in [-0.2, -0.15) is 0 Å². The monoisotopic (exact) mass is 607 g/mol. The molecule has 1 atom stereocenters. The third-order valence-electron chi connectivity index (χ3n) is 5.37. The van der Waals surface area contributed by atoms with E-state index < -0.39 is 23.7 Å². The second-order valence-electron chi connectivity index (χ2n) is 9.61. The highest BCUT2D eigenvalue weighted by Gasteiger charge is 2.22. The number of nitrogens with two attached hydrogens (primary N) is 1. The van der Waals surface area contributed by atoms with Crippen molar-refractivity contribution in [1.82, 2.24) is 29.6 Å². The summed E-state index contributed by atoms with van der Waals surface area (Å²) in [7, 11) is 3.98. The highest BCUT2D eigenvalue weighted by atomic mass is 16.5. The Morgan fingerprint density at radius 1 is 1.09 bits per heavy atom. The van der Waals surface area contributed by atoms with E-state index in [1.807, 2.05) is 51.4 Å². The van der Waals surface area contributed by atoms with Gasteiger partial charge in [-0.05, 0) is 74.6 Å². The van der Waals surface area contributed by atoms with Crippen molar-refractivity contribution in [2.75, 3.05) is 32.6 Å². The Morgan fingerprint density at radius 3 is 2.23 bits per heavy atom. The minimum atomic E-state index is -0.833. The molecule has 0 saturated carbocycles. The maximum atomic E-state index is 12.8. The number of aromatic nitrogens is 5. The van der Waals surface area contributed by atoms with Crippen molar-refractivity contribution >= 4 is 23.5 Å². The lowest BCUT2D eigenvalue weighted by Gasteiger charge is -2.20. The zero-order chi connectivity index (χ0) is 32.8. The van der Waals surface area contributed by atoms with Gasteiger partial charge in [-0.1, -0.05) is 6.07 Å². The molecule has 1 unspecified atom stereocenters. The lowest BCUT2D eigenvalue weighted by Crippen LogP contribution is -2.20. The predicted octanol–water partition coefficient (Wildman–Crippen LogP) is 2.27. The van der Waals surface area contributed by atoms with Gasteiger partial charge < -0.3 is 30.9 Å². The number of aliphatic carboxylic acids is 2. The zero-order valence-electron chi connectivity index (χ0n) is 25.1. The molecule has 0 bridgehead atoms. The average molecular weight is 608 g/mol. The molecule has 2 aromatic heterocycles. The van der Waals surface area contributed by atoms with Gasteiger partial charge in [0.1, 0.15) is 24.2 Å². The first-order chi connectivity index (χ1) is 20.8. The summed E-state index contributed by atoms with van der Waals surface area (Å²) < 4.78 is 7.12. The number of carboxylic acid groups (broad SMARTS) is 2. The third-order valence-corrected chi connectivity index (χ3v) is 5.37. The first-order valence-electron chi connectivity index (χ1n) is 13.2. The number of amidine groups is 1. The maximum Gasteiger partial charge on any atom is 0.350 e. The molecule has 0 amide bonds. The van der Waals surface area contributed by atoms with E-state index in [0.717, 1.165) is 47.6 Å². The molecular weight excluding hydrogens is 570 g/mol. The number of nitrogens with one attached hydrogen (secondary N) is 3. The standard InChI is InChI=1S/C25H29N9O2.2C2H4O2/c1-16-13-18(15-20(14-16)36-12-11-33(2)3)21(30-19-7-5-17(6-8-19)22(26)27)23-31-25(35)34(32-23)24-28-9-4-10-29-24;2*1-2(3)4/h4-10,13-15,21,30H,11-12H2,1-3H3,(H3,26,27)(H,31,32,35);2*1H3,(H,3,4). The van der Waals surface area contributed by atoms with Crippen LogP contribution < -0.4 is 21.5 Å². The van der Waals surface area contributed by atoms with Crippen molar-refractivity contribution < 1.29 is 24.5 Å². The van der Waals surface area contributed by atoms with E-state index in [9.17, 15) is 4.79 Å². The number of rotatable bonds is 10. The number of aromatic amines is 1. The molecule has 0 radical (unpaired) electrons. The molecule has 0 fully saturated rings. The second-order valence-corrected chi connectivity index (χ2v) is 9.61. The predicted molar refractivity (Wildman–Crippen MR) is 165 cm³/mol. The van der Waals surface area contributed by atoms with E-state index in [4.69, 9.17) is 35.7 Å². The summed E-state index contributed by atoms with van der Waals surface area (Å²) in [6.07, 6.45) is 3.10. The SMILES string of the molecule is CC(=O)O.CC(=O)O.Cc1cc(OCCN(C)C)cc(C(Nc2ccc(C(=N)N)cc2)c2nn(-c3ncccn3)c(=O)[nH]2)c1. The van der Waals surface area contributed by atoms with Crippen molar-refractivity contribution in [2.24, 2.45) is 5.73 Å². The molecule has 0 aliphatic carbocycles. The van der Waals surface area contributed by atoms with Crippen molar-refractivity contribution in [3.8, 4) is 11.7 Å². The van der Waals surface area contributed by atoms with Gasteiger partial charge in [0.2, 0.25) is 0 Å². The van der Waals surface area contributed by atoms with E-state index in [2.05, 4.69) is 30.3 Å². The lowest BCUT2D eigenvalue weighted by atomic mass is 10.0. The molecule has 4 aromatic rings. The topological polar surface area (TPSA) is 225 Å². The molecule has 0 aliphatic heterocycles. The van der Waals surface area contributed by atoms with Gasteiger partial charge in [0.15, 0.2) is 5.82 Å². The van der Waals surface area contributed by atoms with Crippen LogP contribution in [0.4, 0.5) is 5.69 Å². The number of ether oxygens (including phenoxy) is 1. The molecule has 234 valence electrons. The third kappa shape index (κ3) is 11.7. The van der Waals surface area contributed by atoms with Gasteiger partial charge in [-0.25, -0.2) is 14.8 Å². The Bertz CT molecular complexity index is 1570. The quantitative estimate of drug-likeness (QED) is 0.113. The number of hydrogen-bond donors (Lipinski definition) is 6. The van der Waals surface area contributed by atoms with Crippen LogP contribution in [0.15, 0.2) is 65.7 Å². The Kier molecular flexibility index (Phi) is 13.2. The van der Waals surface area contributed by atoms with Crippen LogP contribution in [0.3, 0.4) is 0 Å². The van der Waals surface area contributed by atoms with Crippen LogP contribution in [0.1, 0.15) is 42.4 Å². The number of likely N-dealkylation sites (N-methyl/N-ethyl adjacent to an activating group) is 1. The molecule has 0 spiro atoms. The number of aryl methyl sites for hydroxylation is 1. The number of anilines is 1. The Balaban J connectivity index is 0.000000754. The molecule has 44 heavy (non-hydrogen) atoms. The van der Waals surface area contributed by atoms with Gasteiger partial charge in [0.05, 0.1) is 0 Å². The van der Waals surface area contributed by atoms with Gasteiger partial charge in [0, 0.05) is 44.0 Å². The summed E-state index contributed by atoms with van der Waals surface area (Å²) in [4.78, 5) is 43.9. The molecule has 2 aromatic carbocycles. The van der Waals surface area contributed by atoms with Gasteiger partial charge in [-0.3, -0.25) is 20.0 Å². The Labute approximate surface area is 253 Å². The van der Waals surface area contributed by atoms with Gasteiger partial charge in [-0.15, -0.1) is 9.78 Å². The van der Waals surface area contributed by atoms with Crippen LogP contribution in [0.2, 0.25) is 0 Å². The summed E-state index contributed by atoms with van der Waals surface area (Å²) in [6, 6.07) is 14.2. The lowest BCUT2D eigenvalue weighted by molar-refractivity contribution is -0.135. The van der Waals surface area contributed by atoms with Crippen LogP contribution in [-0.4, -0.2) is 84.9 Å². The second kappa shape index (κ2) is 16.8. The summed E-state index contributed by atoms with van der Waals surface area (Å²) in [5.74, 6) is -0.402. The zero-order valence-corrected chi connectivity index (χ0v) is 25.1. The molecule has 4 rings (SSSR count). The van der Waals surface area contributed by atoms with Crippen molar-refractivity contribution in [3.63, 3.8) is 0 Å². The van der Waals surface area contributed by atoms with Gasteiger partial charge in [0.25, 0.3) is 17.9 Å². The van der Waals surface area contributed by atoms with Crippen LogP contribution in [-0.2, 0) is 9.59 Å². The fraction of sp³-hybridized carbons (Fsp3) is 0.276. The number of carboxylic acids is 2. The maximum absolute atomic E-state index is 12.8. The fourth-order valence-electron chi connectivity index (χ4n) is 3.60. The smallest absolute Gasteiger partial charge is 0.350 e. The summed E-state index contributed by atoms with van der Waals surface area (Å²) >= 11 is 0. The van der Waals surface area contributed by atoms with Crippen molar-refractivity contribution in [3.05, 3.63) is 93.9 Å². The molecule has 7 N–H and O–H groups in total. The summed E-state index contributed by atoms with van der Waals surface area (Å²) in [5, 5.41) is 30.4. The van der Waals surface area contributed by atoms with Crippen LogP contribution >= 0.6 is 0 Å². The highest BCUT2D eigenvalue weighted by molar-refractivity contribution is 5.95. The summed E-state index contributed by atoms with van der Waals surface area (Å²) in [6.45, 7) is 5.47. The first-order valence-corrected chi connectivity index (χ1v) is 13.2. The molecule has 0 saturated heterocycles. The van der Waals surface area contributed by atoms with E-state index in [1.54, 1.807) is 30.6 Å². The van der Waals surface area contributed by atoms with Crippen LogP contribution in [0.5, 0.6) is 5.75 Å². The average Bonchev–Trinajstić information content (AvgIpc) is 3.32. The normalized spacial score (nSPS) is 10.9. The van der Waals surface area contributed by atoms with Crippen LogP contribution in [0, 0.1) is 12.3 Å². The molecule has 15 heteroatoms. The molecular formula is C29H37N9O6.